The van der Waals surface area contributed by atoms with Crippen molar-refractivity contribution in [3.63, 3.8) is 0 Å². The van der Waals surface area contributed by atoms with Crippen LogP contribution in [0.5, 0.6) is 0 Å². The number of guanidine groups is 1. The molecule has 3 aromatic rings. The van der Waals surface area contributed by atoms with Gasteiger partial charge in [-0.25, -0.2) is 18.4 Å². The molecule has 0 unspecified atom stereocenters. The molecule has 0 radical (unpaired) electrons. The van der Waals surface area contributed by atoms with Gasteiger partial charge >= 0.3 is 0 Å². The molecule has 274 valence electrons. The third kappa shape index (κ3) is 14.9. The number of ether oxygens (including phenoxy) is 1. The summed E-state index contributed by atoms with van der Waals surface area (Å²) in [5.41, 5.74) is 7.97. The number of hydrogen-bond acceptors (Lipinski definition) is 7. The lowest BCUT2D eigenvalue weighted by molar-refractivity contribution is -0.112. The van der Waals surface area contributed by atoms with Crippen molar-refractivity contribution in [3.8, 4) is 17.5 Å². The third-order valence-corrected chi connectivity index (χ3v) is 7.92. The van der Waals surface area contributed by atoms with Crippen LogP contribution in [0.1, 0.15) is 82.9 Å². The van der Waals surface area contributed by atoms with Gasteiger partial charge in [-0.05, 0) is 81.3 Å². The Morgan fingerprint density at radius 1 is 1.14 bits per heavy atom. The van der Waals surface area contributed by atoms with Gasteiger partial charge in [-0.1, -0.05) is 57.2 Å². The number of carbonyl (C=O) groups excluding carboxylic acids is 2. The second-order valence-corrected chi connectivity index (χ2v) is 15.4. The van der Waals surface area contributed by atoms with Gasteiger partial charge < -0.3 is 15.8 Å². The maximum atomic E-state index is 13.7. The van der Waals surface area contributed by atoms with Crippen LogP contribution in [-0.2, 0) is 9.53 Å². The van der Waals surface area contributed by atoms with E-state index in [1.165, 1.54) is 32.1 Å². The van der Waals surface area contributed by atoms with Crippen LogP contribution in [0.15, 0.2) is 60.1 Å². The first-order valence-corrected chi connectivity index (χ1v) is 17.2. The van der Waals surface area contributed by atoms with E-state index in [0.717, 1.165) is 11.1 Å². The second-order valence-electron chi connectivity index (χ2n) is 13.6. The van der Waals surface area contributed by atoms with Crippen molar-refractivity contribution in [1.29, 1.82) is 0 Å². The number of nitrogens with one attached hydrogen (secondary N) is 1. The molecule has 2 amide bonds. The molecular formula is C36H50ClF2N7O3S. The highest BCUT2D eigenvalue weighted by Crippen LogP contribution is 2.29. The van der Waals surface area contributed by atoms with Gasteiger partial charge in [-0.2, -0.15) is 5.10 Å². The topological polar surface area (TPSA) is 128 Å². The molecule has 0 aliphatic carbocycles. The predicted molar refractivity (Wildman–Crippen MR) is 200 cm³/mol. The molecule has 3 N–H and O–H groups in total. The van der Waals surface area contributed by atoms with E-state index in [1.54, 1.807) is 48.1 Å². The summed E-state index contributed by atoms with van der Waals surface area (Å²) in [6, 6.07) is 11.9. The van der Waals surface area contributed by atoms with Crippen LogP contribution in [-0.4, -0.2) is 81.7 Å². The number of rotatable bonds is 10. The van der Waals surface area contributed by atoms with Crippen molar-refractivity contribution < 1.29 is 23.1 Å². The number of methoxy groups -OCH3 is 1. The first-order valence-electron chi connectivity index (χ1n) is 15.6. The highest BCUT2D eigenvalue weighted by molar-refractivity contribution is 8.00. The number of benzene rings is 2. The Labute approximate surface area is 304 Å². The summed E-state index contributed by atoms with van der Waals surface area (Å²) in [4.78, 5) is 32.9. The highest BCUT2D eigenvalue weighted by Gasteiger charge is 2.30. The van der Waals surface area contributed by atoms with Crippen molar-refractivity contribution in [2.45, 2.75) is 78.1 Å². The number of thioether (sulfide) groups is 1. The van der Waals surface area contributed by atoms with Gasteiger partial charge in [0.1, 0.15) is 12.7 Å². The quantitative estimate of drug-likeness (QED) is 0.0993. The molecule has 10 nitrogen and oxygen atoms in total. The van der Waals surface area contributed by atoms with Crippen molar-refractivity contribution in [2.24, 2.45) is 16.1 Å². The molecule has 0 aliphatic rings. The summed E-state index contributed by atoms with van der Waals surface area (Å²) in [5, 5.41) is 6.64. The normalized spacial score (nSPS) is 12.3. The third-order valence-electron chi connectivity index (χ3n) is 6.48. The number of halogens is 3. The zero-order valence-corrected chi connectivity index (χ0v) is 32.3. The Bertz CT molecular complexity index is 1590. The zero-order valence-electron chi connectivity index (χ0n) is 30.7. The van der Waals surface area contributed by atoms with Gasteiger partial charge in [0.15, 0.2) is 5.96 Å². The minimum absolute atomic E-state index is 0.0601. The lowest BCUT2D eigenvalue weighted by atomic mass is 10.0. The average molecular weight is 734 g/mol. The summed E-state index contributed by atoms with van der Waals surface area (Å²) in [6.07, 6.45) is 2.74. The maximum absolute atomic E-state index is 13.7. The molecule has 1 aromatic heterocycles. The van der Waals surface area contributed by atoms with Crippen LogP contribution in [0.2, 0.25) is 5.02 Å². The maximum Gasteiger partial charge on any atom is 0.261 e. The van der Waals surface area contributed by atoms with Crippen LogP contribution in [0.3, 0.4) is 0 Å². The van der Waals surface area contributed by atoms with Crippen LogP contribution < -0.4 is 11.1 Å². The largest absolute Gasteiger partial charge is 0.382 e. The van der Waals surface area contributed by atoms with E-state index in [1.807, 2.05) is 35.8 Å². The molecule has 0 saturated carbocycles. The van der Waals surface area contributed by atoms with Crippen molar-refractivity contribution in [3.05, 3.63) is 76.8 Å². The van der Waals surface area contributed by atoms with E-state index in [4.69, 9.17) is 22.1 Å². The molecule has 0 spiro atoms. The number of alkyl halides is 2. The van der Waals surface area contributed by atoms with Crippen LogP contribution >= 0.6 is 23.4 Å². The Morgan fingerprint density at radius 3 is 2.18 bits per heavy atom. The molecule has 14 heteroatoms. The minimum Gasteiger partial charge on any atom is -0.382 e. The number of amides is 2. The molecule has 0 fully saturated rings. The first kappa shape index (κ1) is 44.0. The fourth-order valence-corrected chi connectivity index (χ4v) is 3.92. The molecule has 3 rings (SSSR count). The summed E-state index contributed by atoms with van der Waals surface area (Å²) in [5.74, 6) is 6.15. The Morgan fingerprint density at radius 2 is 1.74 bits per heavy atom. The SMILES string of the molecule is CC(C)(C)C.CC(C)(NC=O)C(F)F.CN=C(N)N(C(=O)c1ccc(C#CC(C)(C)SC)cc1)[C@H](COC)c1ccc(Cl)c(-n2cncn2)c1. The number of carbonyl (C=O) groups is 2. The Hall–Kier alpha value is -3.99. The summed E-state index contributed by atoms with van der Waals surface area (Å²) < 4.78 is 30.4. The van der Waals surface area contributed by atoms with Gasteiger partial charge in [-0.15, -0.1) is 11.8 Å². The van der Waals surface area contributed by atoms with Gasteiger partial charge in [0, 0.05) is 25.3 Å². The lowest BCUT2D eigenvalue weighted by Crippen LogP contribution is -2.45. The molecule has 0 aliphatic heterocycles. The minimum atomic E-state index is -2.53. The van der Waals surface area contributed by atoms with E-state index >= 15 is 0 Å². The number of aliphatic imine (C=N–C) groups is 1. The van der Waals surface area contributed by atoms with E-state index in [-0.39, 0.29) is 29.6 Å². The van der Waals surface area contributed by atoms with Crippen LogP contribution in [0.25, 0.3) is 5.69 Å². The van der Waals surface area contributed by atoms with Crippen LogP contribution in [0.4, 0.5) is 8.78 Å². The van der Waals surface area contributed by atoms with Gasteiger partial charge in [-0.3, -0.25) is 19.5 Å². The fourth-order valence-electron chi connectivity index (χ4n) is 3.56. The Balaban J connectivity index is 0.000000750. The van der Waals surface area contributed by atoms with E-state index < -0.39 is 18.0 Å². The van der Waals surface area contributed by atoms with Crippen molar-refractivity contribution >= 4 is 41.6 Å². The van der Waals surface area contributed by atoms with Gasteiger partial charge in [0.05, 0.1) is 33.6 Å². The summed E-state index contributed by atoms with van der Waals surface area (Å²) in [7, 11) is 3.10. The van der Waals surface area contributed by atoms with Crippen molar-refractivity contribution in [1.82, 2.24) is 25.0 Å². The number of nitrogens with two attached hydrogens (primary N) is 1. The molecule has 0 saturated heterocycles. The van der Waals surface area contributed by atoms with E-state index in [9.17, 15) is 18.4 Å². The lowest BCUT2D eigenvalue weighted by Gasteiger charge is -2.31. The van der Waals surface area contributed by atoms with Gasteiger partial charge in [0.25, 0.3) is 12.3 Å². The first-order chi connectivity index (χ1) is 23.2. The monoisotopic (exact) mass is 733 g/mol. The van der Waals surface area contributed by atoms with Gasteiger partial charge in [0.2, 0.25) is 6.41 Å². The number of aromatic nitrogens is 3. The van der Waals surface area contributed by atoms with E-state index in [2.05, 4.69) is 68.5 Å². The standard InChI is InChI=1S/C26H29ClN6O2S.C5H9F2NO.C5H12/c1-26(2,36-5)13-12-18-6-8-19(9-7-18)24(34)33(25(28)29-3)23(15-35-4)20-10-11-21(27)22(14-20)32-17-30-16-31-32;1-5(2,4(6)7)8-3-9;1-5(2,3)4/h6-11,14,16-17,23H,15H2,1-5H3,(H2,28,29);3-4H,1-2H3,(H,8,9);1-4H3/t23-;;/m1../s1. The smallest absolute Gasteiger partial charge is 0.261 e. The molecule has 50 heavy (non-hydrogen) atoms. The van der Waals surface area contributed by atoms with Crippen LogP contribution in [0, 0.1) is 17.3 Å². The summed E-state index contributed by atoms with van der Waals surface area (Å²) >= 11 is 8.09. The predicted octanol–water partition coefficient (Wildman–Crippen LogP) is 7.02. The second kappa shape index (κ2) is 20.0. The molecule has 0 bridgehead atoms. The molecular weight excluding hydrogens is 684 g/mol. The molecule has 1 atom stereocenters. The molecule has 2 aromatic carbocycles. The highest BCUT2D eigenvalue weighted by atomic mass is 35.5. The zero-order chi connectivity index (χ0) is 38.3. The van der Waals surface area contributed by atoms with E-state index in [0.29, 0.717) is 21.7 Å². The molecule has 1 heterocycles. The fraction of sp³-hybridized carbons (Fsp3) is 0.472. The average Bonchev–Trinajstić information content (AvgIpc) is 3.58. The Kier molecular flexibility index (Phi) is 17.6. The number of hydrogen-bond donors (Lipinski definition) is 2. The van der Waals surface area contributed by atoms with Crippen molar-refractivity contribution in [2.75, 3.05) is 27.0 Å². The number of nitrogens with zero attached hydrogens (tertiary/aromatic N) is 5. The summed E-state index contributed by atoms with van der Waals surface area (Å²) in [6.45, 7) is 15.6.